The minimum atomic E-state index is 1.06. The summed E-state index contributed by atoms with van der Waals surface area (Å²) >= 11 is 0. The van der Waals surface area contributed by atoms with Crippen LogP contribution in [-0.2, 0) is 7.05 Å². The summed E-state index contributed by atoms with van der Waals surface area (Å²) in [4.78, 5) is 2.18. The monoisotopic (exact) mass is 315 g/mol. The fourth-order valence-corrected chi connectivity index (χ4v) is 3.03. The van der Waals surface area contributed by atoms with Crippen LogP contribution in [0.4, 0.5) is 5.69 Å². The minimum absolute atomic E-state index is 1.06. The minimum Gasteiger partial charge on any atom is -0.344 e. The molecule has 3 rings (SSSR count). The maximum atomic E-state index is 4.01. The molecule has 0 fully saturated rings. The molecule has 0 spiro atoms. The standard InChI is InChI=1S/C22H23N2/c1-5-19(23(3)21-12-8-6-10-17(21)2)16-20-15-14-18-11-7-9-13-22(18)24(20)4/h5-16H,1H2,2-4H3/q+1. The van der Waals surface area contributed by atoms with Crippen molar-refractivity contribution in [1.82, 2.24) is 0 Å². The number of rotatable bonds is 4. The first kappa shape index (κ1) is 16.0. The predicted octanol–water partition coefficient (Wildman–Crippen LogP) is 4.64. The van der Waals surface area contributed by atoms with Crippen molar-refractivity contribution >= 4 is 22.7 Å². The van der Waals surface area contributed by atoms with Crippen LogP contribution in [0.25, 0.3) is 17.0 Å². The number of aryl methyl sites for hydroxylation is 2. The molecule has 0 aliphatic carbocycles. The Hall–Kier alpha value is -2.87. The molecule has 0 saturated heterocycles. The third-order valence-electron chi connectivity index (χ3n) is 4.49. The highest BCUT2D eigenvalue weighted by molar-refractivity contribution is 5.76. The summed E-state index contributed by atoms with van der Waals surface area (Å²) in [6, 6.07) is 21.1. The molecule has 2 heteroatoms. The van der Waals surface area contributed by atoms with Crippen LogP contribution in [0.3, 0.4) is 0 Å². The molecule has 0 aliphatic heterocycles. The summed E-state index contributed by atoms with van der Waals surface area (Å²) in [6.45, 7) is 6.13. The number of para-hydroxylation sites is 2. The first-order valence-electron chi connectivity index (χ1n) is 8.13. The molecule has 1 heterocycles. The van der Waals surface area contributed by atoms with Gasteiger partial charge in [-0.05, 0) is 36.8 Å². The molecule has 0 atom stereocenters. The van der Waals surface area contributed by atoms with E-state index in [9.17, 15) is 0 Å². The van der Waals surface area contributed by atoms with Gasteiger partial charge in [0.1, 0.15) is 7.05 Å². The lowest BCUT2D eigenvalue weighted by Gasteiger charge is -2.22. The molecular formula is C22H23N2+. The van der Waals surface area contributed by atoms with E-state index in [1.165, 1.54) is 22.2 Å². The number of nitrogens with zero attached hydrogens (tertiary/aromatic N) is 2. The van der Waals surface area contributed by atoms with Gasteiger partial charge in [-0.15, -0.1) is 0 Å². The molecule has 0 aliphatic rings. The molecule has 24 heavy (non-hydrogen) atoms. The maximum Gasteiger partial charge on any atom is 0.212 e. The highest BCUT2D eigenvalue weighted by atomic mass is 15.1. The SMILES string of the molecule is C=C/C(=C\c1ccc2ccccc2[n+]1C)N(C)c1ccccc1C. The second kappa shape index (κ2) is 6.71. The molecule has 1 aromatic heterocycles. The second-order valence-electron chi connectivity index (χ2n) is 5.99. The van der Waals surface area contributed by atoms with E-state index in [-0.39, 0.29) is 0 Å². The highest BCUT2D eigenvalue weighted by Gasteiger charge is 2.12. The largest absolute Gasteiger partial charge is 0.344 e. The number of hydrogen-bond donors (Lipinski definition) is 0. The molecule has 0 radical (unpaired) electrons. The van der Waals surface area contributed by atoms with Gasteiger partial charge in [-0.2, -0.15) is 4.57 Å². The number of pyridine rings is 1. The number of anilines is 1. The van der Waals surface area contributed by atoms with Gasteiger partial charge in [0.05, 0.1) is 0 Å². The zero-order valence-electron chi connectivity index (χ0n) is 14.5. The van der Waals surface area contributed by atoms with Crippen molar-refractivity contribution < 1.29 is 4.57 Å². The summed E-state index contributed by atoms with van der Waals surface area (Å²) < 4.78 is 2.21. The highest BCUT2D eigenvalue weighted by Crippen LogP contribution is 2.23. The van der Waals surface area contributed by atoms with Gasteiger partial charge < -0.3 is 4.90 Å². The van der Waals surface area contributed by atoms with Crippen LogP contribution in [0.5, 0.6) is 0 Å². The second-order valence-corrected chi connectivity index (χ2v) is 5.99. The molecule has 0 saturated carbocycles. The molecule has 120 valence electrons. The average Bonchev–Trinajstić information content (AvgIpc) is 2.61. The zero-order chi connectivity index (χ0) is 17.1. The Bertz CT molecular complexity index is 922. The summed E-state index contributed by atoms with van der Waals surface area (Å²) in [7, 11) is 4.18. The van der Waals surface area contributed by atoms with Crippen molar-refractivity contribution in [2.24, 2.45) is 7.05 Å². The number of likely N-dealkylation sites (N-methyl/N-ethyl adjacent to an activating group) is 1. The molecule has 0 N–H and O–H groups in total. The average molecular weight is 315 g/mol. The van der Waals surface area contributed by atoms with Crippen molar-refractivity contribution in [2.45, 2.75) is 6.92 Å². The Morgan fingerprint density at radius 3 is 2.46 bits per heavy atom. The summed E-state index contributed by atoms with van der Waals surface area (Å²) in [6.07, 6.45) is 4.08. The normalized spacial score (nSPS) is 11.5. The van der Waals surface area contributed by atoms with Gasteiger partial charge in [-0.1, -0.05) is 36.9 Å². The van der Waals surface area contributed by atoms with Gasteiger partial charge in [0.2, 0.25) is 11.2 Å². The van der Waals surface area contributed by atoms with Crippen LogP contribution in [0.1, 0.15) is 11.3 Å². The van der Waals surface area contributed by atoms with Gasteiger partial charge in [0.15, 0.2) is 0 Å². The maximum absolute atomic E-state index is 4.01. The number of aromatic nitrogens is 1. The lowest BCUT2D eigenvalue weighted by molar-refractivity contribution is -0.646. The van der Waals surface area contributed by atoms with E-state index in [4.69, 9.17) is 0 Å². The van der Waals surface area contributed by atoms with Crippen LogP contribution < -0.4 is 9.47 Å². The number of benzene rings is 2. The quantitative estimate of drug-likeness (QED) is 0.503. The predicted molar refractivity (Wildman–Crippen MR) is 103 cm³/mol. The molecule has 2 aromatic carbocycles. The van der Waals surface area contributed by atoms with E-state index in [0.29, 0.717) is 0 Å². The van der Waals surface area contributed by atoms with Gasteiger partial charge in [0.25, 0.3) is 0 Å². The third-order valence-corrected chi connectivity index (χ3v) is 4.49. The smallest absolute Gasteiger partial charge is 0.212 e. The van der Waals surface area contributed by atoms with E-state index in [1.54, 1.807) is 0 Å². The molecule has 2 nitrogen and oxygen atoms in total. The summed E-state index contributed by atoms with van der Waals surface area (Å²) in [5, 5.41) is 1.24. The first-order valence-corrected chi connectivity index (χ1v) is 8.13. The van der Waals surface area contributed by atoms with Crippen molar-refractivity contribution in [3.8, 4) is 0 Å². The summed E-state index contributed by atoms with van der Waals surface area (Å²) in [5.41, 5.74) is 5.86. The first-order chi connectivity index (χ1) is 11.6. The molecular weight excluding hydrogens is 292 g/mol. The topological polar surface area (TPSA) is 7.12 Å². The summed E-state index contributed by atoms with van der Waals surface area (Å²) in [5.74, 6) is 0. The molecule has 0 amide bonds. The van der Waals surface area contributed by atoms with Crippen LogP contribution in [0, 0.1) is 6.92 Å². The zero-order valence-corrected chi connectivity index (χ0v) is 14.5. The Morgan fingerprint density at radius 2 is 1.71 bits per heavy atom. The van der Waals surface area contributed by atoms with Gasteiger partial charge in [0, 0.05) is 42.0 Å². The van der Waals surface area contributed by atoms with Gasteiger partial charge in [-0.3, -0.25) is 0 Å². The van der Waals surface area contributed by atoms with Crippen molar-refractivity contribution in [1.29, 1.82) is 0 Å². The van der Waals surface area contributed by atoms with Gasteiger partial charge in [-0.25, -0.2) is 0 Å². The van der Waals surface area contributed by atoms with E-state index in [2.05, 4.69) is 104 Å². The molecule has 0 bridgehead atoms. The van der Waals surface area contributed by atoms with E-state index < -0.39 is 0 Å². The van der Waals surface area contributed by atoms with Gasteiger partial charge >= 0.3 is 0 Å². The van der Waals surface area contributed by atoms with Crippen molar-refractivity contribution in [3.05, 3.63) is 90.3 Å². The van der Waals surface area contributed by atoms with Crippen LogP contribution >= 0.6 is 0 Å². The van der Waals surface area contributed by atoms with Crippen molar-refractivity contribution in [3.63, 3.8) is 0 Å². The Kier molecular flexibility index (Phi) is 4.48. The van der Waals surface area contributed by atoms with Crippen LogP contribution in [-0.4, -0.2) is 7.05 Å². The number of allylic oxidation sites excluding steroid dienone is 1. The van der Waals surface area contributed by atoms with E-state index >= 15 is 0 Å². The number of hydrogen-bond acceptors (Lipinski definition) is 1. The lowest BCUT2D eigenvalue weighted by Crippen LogP contribution is -2.33. The Labute approximate surface area is 144 Å². The van der Waals surface area contributed by atoms with E-state index in [0.717, 1.165) is 11.4 Å². The third kappa shape index (κ3) is 2.95. The Balaban J connectivity index is 2.07. The van der Waals surface area contributed by atoms with Crippen molar-refractivity contribution in [2.75, 3.05) is 11.9 Å². The lowest BCUT2D eigenvalue weighted by atomic mass is 10.1. The number of fused-ring (bicyclic) bond motifs is 1. The molecule has 3 aromatic rings. The molecule has 0 unspecified atom stereocenters. The fourth-order valence-electron chi connectivity index (χ4n) is 3.03. The Morgan fingerprint density at radius 1 is 1.00 bits per heavy atom. The van der Waals surface area contributed by atoms with Crippen LogP contribution in [0.15, 0.2) is 79.0 Å². The fraction of sp³-hybridized carbons (Fsp3) is 0.136. The van der Waals surface area contributed by atoms with Crippen LogP contribution in [0.2, 0.25) is 0 Å². The van der Waals surface area contributed by atoms with E-state index in [1.807, 2.05) is 6.08 Å².